The average molecular weight is 312 g/mol. The lowest BCUT2D eigenvalue weighted by Gasteiger charge is -2.18. The second kappa shape index (κ2) is 5.99. The van der Waals surface area contributed by atoms with Gasteiger partial charge in [0.05, 0.1) is 4.92 Å². The van der Waals surface area contributed by atoms with Crippen LogP contribution in [-0.4, -0.2) is 34.9 Å². The number of carbonyl (C=O) groups is 1. The lowest BCUT2D eigenvalue weighted by molar-refractivity contribution is -0.384. The molecule has 1 saturated heterocycles. The van der Waals surface area contributed by atoms with E-state index >= 15 is 0 Å². The van der Waals surface area contributed by atoms with Crippen LogP contribution in [0.1, 0.15) is 23.2 Å². The van der Waals surface area contributed by atoms with Gasteiger partial charge in [-0.15, -0.1) is 12.4 Å². The SMILES string of the molecule is Cl.NC1CCC2CN(C(=O)c3cccc([N+](=O)[O-])c3)CC12. The lowest BCUT2D eigenvalue weighted by Crippen LogP contribution is -2.33. The minimum Gasteiger partial charge on any atom is -0.338 e. The van der Waals surface area contributed by atoms with Crippen molar-refractivity contribution >= 4 is 24.0 Å². The van der Waals surface area contributed by atoms with Crippen LogP contribution in [-0.2, 0) is 0 Å². The first kappa shape index (κ1) is 15.7. The molecule has 114 valence electrons. The van der Waals surface area contributed by atoms with Crippen LogP contribution in [0.15, 0.2) is 24.3 Å². The summed E-state index contributed by atoms with van der Waals surface area (Å²) in [6, 6.07) is 6.10. The summed E-state index contributed by atoms with van der Waals surface area (Å²) in [7, 11) is 0. The highest BCUT2D eigenvalue weighted by atomic mass is 35.5. The molecule has 1 aromatic rings. The number of nitrogens with zero attached hydrogens (tertiary/aromatic N) is 2. The summed E-state index contributed by atoms with van der Waals surface area (Å²) in [5, 5.41) is 10.8. The van der Waals surface area contributed by atoms with Crippen LogP contribution in [0.3, 0.4) is 0 Å². The van der Waals surface area contributed by atoms with Crippen LogP contribution < -0.4 is 5.73 Å². The average Bonchev–Trinajstić information content (AvgIpc) is 3.01. The minimum atomic E-state index is -0.481. The maximum atomic E-state index is 12.4. The summed E-state index contributed by atoms with van der Waals surface area (Å²) in [5.41, 5.74) is 6.39. The van der Waals surface area contributed by atoms with E-state index in [9.17, 15) is 14.9 Å². The monoisotopic (exact) mass is 311 g/mol. The van der Waals surface area contributed by atoms with Crippen molar-refractivity contribution in [1.29, 1.82) is 0 Å². The molecule has 21 heavy (non-hydrogen) atoms. The first-order chi connectivity index (χ1) is 9.56. The van der Waals surface area contributed by atoms with E-state index in [4.69, 9.17) is 5.73 Å². The van der Waals surface area contributed by atoms with Gasteiger partial charge in [0.2, 0.25) is 0 Å². The molecule has 0 aromatic heterocycles. The van der Waals surface area contributed by atoms with Gasteiger partial charge in [0.25, 0.3) is 11.6 Å². The molecule has 1 aliphatic heterocycles. The summed E-state index contributed by atoms with van der Waals surface area (Å²) in [6.45, 7) is 1.40. The molecule has 1 aliphatic carbocycles. The Bertz CT molecular complexity index is 566. The Hall–Kier alpha value is -1.66. The van der Waals surface area contributed by atoms with Crippen LogP contribution in [0.25, 0.3) is 0 Å². The molecule has 2 N–H and O–H groups in total. The fraction of sp³-hybridized carbons (Fsp3) is 0.500. The van der Waals surface area contributed by atoms with Crippen LogP contribution in [0.2, 0.25) is 0 Å². The first-order valence-corrected chi connectivity index (χ1v) is 6.85. The molecule has 0 radical (unpaired) electrons. The molecular weight excluding hydrogens is 294 g/mol. The van der Waals surface area contributed by atoms with E-state index in [0.29, 0.717) is 23.9 Å². The van der Waals surface area contributed by atoms with Crippen molar-refractivity contribution in [3.05, 3.63) is 39.9 Å². The fourth-order valence-corrected chi connectivity index (χ4v) is 3.41. The number of amides is 1. The third-order valence-corrected chi connectivity index (χ3v) is 4.50. The van der Waals surface area contributed by atoms with Crippen molar-refractivity contribution in [2.75, 3.05) is 13.1 Å². The summed E-state index contributed by atoms with van der Waals surface area (Å²) in [6.07, 6.45) is 2.11. The fourth-order valence-electron chi connectivity index (χ4n) is 3.41. The van der Waals surface area contributed by atoms with Crippen LogP contribution in [0.5, 0.6) is 0 Å². The maximum absolute atomic E-state index is 12.4. The second-order valence-electron chi connectivity index (χ2n) is 5.68. The number of non-ortho nitro benzene ring substituents is 1. The third-order valence-electron chi connectivity index (χ3n) is 4.50. The number of likely N-dealkylation sites (tertiary alicyclic amines) is 1. The molecule has 1 amide bonds. The molecule has 1 heterocycles. The molecule has 1 saturated carbocycles. The van der Waals surface area contributed by atoms with E-state index in [1.54, 1.807) is 17.0 Å². The highest BCUT2D eigenvalue weighted by Gasteiger charge is 2.42. The van der Waals surface area contributed by atoms with Crippen molar-refractivity contribution < 1.29 is 9.72 Å². The molecule has 0 bridgehead atoms. The van der Waals surface area contributed by atoms with E-state index in [-0.39, 0.29) is 30.0 Å². The number of nitrogens with two attached hydrogens (primary N) is 1. The number of hydrogen-bond acceptors (Lipinski definition) is 4. The van der Waals surface area contributed by atoms with Gasteiger partial charge in [-0.05, 0) is 30.7 Å². The van der Waals surface area contributed by atoms with Crippen molar-refractivity contribution in [1.82, 2.24) is 4.90 Å². The van der Waals surface area contributed by atoms with E-state index in [2.05, 4.69) is 0 Å². The predicted octanol–water partition coefficient (Wildman–Crippen LogP) is 1.83. The Morgan fingerprint density at radius 2 is 2.10 bits per heavy atom. The minimum absolute atomic E-state index is 0. The van der Waals surface area contributed by atoms with Crippen molar-refractivity contribution in [3.8, 4) is 0 Å². The molecular formula is C14H18ClN3O3. The van der Waals surface area contributed by atoms with Crippen molar-refractivity contribution in [3.63, 3.8) is 0 Å². The van der Waals surface area contributed by atoms with E-state index < -0.39 is 4.92 Å². The van der Waals surface area contributed by atoms with Crippen LogP contribution in [0.4, 0.5) is 5.69 Å². The molecule has 0 spiro atoms. The lowest BCUT2D eigenvalue weighted by atomic mass is 9.98. The highest BCUT2D eigenvalue weighted by Crippen LogP contribution is 2.37. The number of halogens is 1. The molecule has 6 nitrogen and oxygen atoms in total. The number of fused-ring (bicyclic) bond motifs is 1. The van der Waals surface area contributed by atoms with Crippen LogP contribution in [0, 0.1) is 22.0 Å². The predicted molar refractivity (Wildman–Crippen MR) is 80.4 cm³/mol. The number of nitro benzene ring substituents is 1. The number of carbonyl (C=O) groups excluding carboxylic acids is 1. The summed E-state index contributed by atoms with van der Waals surface area (Å²) >= 11 is 0. The summed E-state index contributed by atoms with van der Waals surface area (Å²) in [5.74, 6) is 0.751. The third kappa shape index (κ3) is 2.87. The molecule has 1 aromatic carbocycles. The number of nitro groups is 1. The zero-order valence-electron chi connectivity index (χ0n) is 11.5. The van der Waals surface area contributed by atoms with Gasteiger partial charge in [-0.3, -0.25) is 14.9 Å². The number of hydrogen-bond donors (Lipinski definition) is 1. The van der Waals surface area contributed by atoms with E-state index in [1.165, 1.54) is 12.1 Å². The van der Waals surface area contributed by atoms with Gasteiger partial charge in [0, 0.05) is 36.8 Å². The Labute approximate surface area is 128 Å². The largest absolute Gasteiger partial charge is 0.338 e. The molecule has 3 unspecified atom stereocenters. The Kier molecular flexibility index (Phi) is 4.49. The molecule has 2 fully saturated rings. The molecule has 7 heteroatoms. The molecule has 3 atom stereocenters. The highest BCUT2D eigenvalue weighted by molar-refractivity contribution is 5.95. The Morgan fingerprint density at radius 3 is 2.76 bits per heavy atom. The summed E-state index contributed by atoms with van der Waals surface area (Å²) in [4.78, 5) is 24.5. The van der Waals surface area contributed by atoms with Gasteiger partial charge in [-0.1, -0.05) is 6.07 Å². The standard InChI is InChI=1S/C14H17N3O3.ClH/c15-13-5-4-10-7-16(8-12(10)13)14(18)9-2-1-3-11(6-9)17(19)20;/h1-3,6,10,12-13H,4-5,7-8,15H2;1H. The Balaban J connectivity index is 0.00000161. The van der Waals surface area contributed by atoms with E-state index in [1.807, 2.05) is 0 Å². The number of benzene rings is 1. The topological polar surface area (TPSA) is 89.5 Å². The van der Waals surface area contributed by atoms with Gasteiger partial charge in [-0.25, -0.2) is 0 Å². The quantitative estimate of drug-likeness (QED) is 0.666. The normalized spacial score (nSPS) is 27.1. The van der Waals surface area contributed by atoms with Gasteiger partial charge >= 0.3 is 0 Å². The summed E-state index contributed by atoms with van der Waals surface area (Å²) < 4.78 is 0. The zero-order valence-corrected chi connectivity index (χ0v) is 12.3. The first-order valence-electron chi connectivity index (χ1n) is 6.85. The smallest absolute Gasteiger partial charge is 0.270 e. The van der Waals surface area contributed by atoms with Crippen LogP contribution >= 0.6 is 12.4 Å². The second-order valence-corrected chi connectivity index (χ2v) is 5.68. The number of rotatable bonds is 2. The Morgan fingerprint density at radius 1 is 1.33 bits per heavy atom. The van der Waals surface area contributed by atoms with Crippen molar-refractivity contribution in [2.45, 2.75) is 18.9 Å². The maximum Gasteiger partial charge on any atom is 0.270 e. The molecule has 2 aliphatic rings. The van der Waals surface area contributed by atoms with E-state index in [0.717, 1.165) is 19.4 Å². The van der Waals surface area contributed by atoms with Crippen molar-refractivity contribution in [2.24, 2.45) is 17.6 Å². The van der Waals surface area contributed by atoms with Gasteiger partial charge in [-0.2, -0.15) is 0 Å². The van der Waals surface area contributed by atoms with Gasteiger partial charge < -0.3 is 10.6 Å². The van der Waals surface area contributed by atoms with Gasteiger partial charge in [0.1, 0.15) is 0 Å². The molecule has 3 rings (SSSR count). The van der Waals surface area contributed by atoms with Gasteiger partial charge in [0.15, 0.2) is 0 Å². The zero-order chi connectivity index (χ0) is 14.3.